The second-order valence-electron chi connectivity index (χ2n) is 6.46. The van der Waals surface area contributed by atoms with Crippen LogP contribution in [0, 0.1) is 13.8 Å². The Balaban J connectivity index is 1.54. The van der Waals surface area contributed by atoms with Gasteiger partial charge >= 0.3 is 0 Å². The lowest BCUT2D eigenvalue weighted by atomic mass is 10.1. The number of nitrogens with one attached hydrogen (secondary N) is 1. The van der Waals surface area contributed by atoms with E-state index >= 15 is 0 Å². The van der Waals surface area contributed by atoms with Gasteiger partial charge in [0.25, 0.3) is 5.91 Å². The summed E-state index contributed by atoms with van der Waals surface area (Å²) in [5.74, 6) is 1.21. The molecule has 2 heterocycles. The Kier molecular flexibility index (Phi) is 5.24. The molecule has 1 N–H and O–H groups in total. The van der Waals surface area contributed by atoms with Crippen LogP contribution in [0.25, 0.3) is 17.4 Å². The molecule has 140 valence electrons. The first-order chi connectivity index (χ1) is 13.5. The summed E-state index contributed by atoms with van der Waals surface area (Å²) in [6.45, 7) is 4.11. The highest BCUT2D eigenvalue weighted by molar-refractivity contribution is 9.10. The maximum absolute atomic E-state index is 12.3. The van der Waals surface area contributed by atoms with E-state index in [2.05, 4.69) is 33.2 Å². The van der Waals surface area contributed by atoms with Crippen molar-refractivity contribution in [2.75, 3.05) is 0 Å². The molecule has 0 spiro atoms. The van der Waals surface area contributed by atoms with Gasteiger partial charge in [-0.2, -0.15) is 0 Å². The minimum Gasteiger partial charge on any atom is -0.457 e. The molecule has 1 amide bonds. The topological polar surface area (TPSA) is 54.6 Å². The Morgan fingerprint density at radius 1 is 1.04 bits per heavy atom. The molecule has 4 rings (SSSR count). The van der Waals surface area contributed by atoms with Crippen LogP contribution in [0.1, 0.15) is 16.9 Å². The van der Waals surface area contributed by atoms with Crippen LogP contribution in [0.3, 0.4) is 0 Å². The molecule has 2 aromatic carbocycles. The van der Waals surface area contributed by atoms with Gasteiger partial charge in [-0.15, -0.1) is 0 Å². The van der Waals surface area contributed by atoms with E-state index in [1.54, 1.807) is 6.08 Å². The van der Waals surface area contributed by atoms with Crippen LogP contribution < -0.4 is 5.32 Å². The van der Waals surface area contributed by atoms with Gasteiger partial charge in [-0.05, 0) is 73.1 Å². The van der Waals surface area contributed by atoms with Crippen molar-refractivity contribution >= 4 is 50.5 Å². The number of aryl methyl sites for hydroxylation is 2. The van der Waals surface area contributed by atoms with Crippen molar-refractivity contribution in [3.05, 3.63) is 80.9 Å². The number of hydrogen-bond acceptors (Lipinski definition) is 4. The molecule has 0 atom stereocenters. The van der Waals surface area contributed by atoms with Crippen molar-refractivity contribution in [2.45, 2.75) is 13.8 Å². The molecule has 1 aromatic heterocycles. The number of benzene rings is 2. The molecule has 28 heavy (non-hydrogen) atoms. The second kappa shape index (κ2) is 7.81. The van der Waals surface area contributed by atoms with Gasteiger partial charge < -0.3 is 9.73 Å². The summed E-state index contributed by atoms with van der Waals surface area (Å²) in [5.41, 5.74) is 4.19. The van der Waals surface area contributed by atoms with Gasteiger partial charge in [0.05, 0.1) is 10.6 Å². The summed E-state index contributed by atoms with van der Waals surface area (Å²) in [6.07, 6.45) is 1.74. The first-order valence-electron chi connectivity index (χ1n) is 8.70. The molecule has 6 heteroatoms. The van der Waals surface area contributed by atoms with Gasteiger partial charge in [-0.1, -0.05) is 34.1 Å². The number of carbonyl (C=O) groups is 1. The van der Waals surface area contributed by atoms with Crippen molar-refractivity contribution < 1.29 is 9.21 Å². The third-order valence-corrected chi connectivity index (χ3v) is 5.84. The minimum absolute atomic E-state index is 0.172. The molecule has 0 unspecified atom stereocenters. The Morgan fingerprint density at radius 3 is 2.57 bits per heavy atom. The number of halogens is 1. The Morgan fingerprint density at radius 2 is 1.82 bits per heavy atom. The Labute approximate surface area is 175 Å². The van der Waals surface area contributed by atoms with Gasteiger partial charge in [-0.25, -0.2) is 4.99 Å². The molecule has 1 aliphatic heterocycles. The maximum atomic E-state index is 12.3. The van der Waals surface area contributed by atoms with E-state index in [1.165, 1.54) is 22.9 Å². The summed E-state index contributed by atoms with van der Waals surface area (Å²) in [4.78, 5) is 17.4. The molecule has 0 saturated carbocycles. The fourth-order valence-electron chi connectivity index (χ4n) is 2.72. The standard InChI is InChI=1S/C22H17BrN2O2S/c1-13-3-8-17(11-14(13)2)24-22-25-21(26)20(28-22)12-18-9-10-19(27-18)15-4-6-16(23)7-5-15/h3-12H,1-2H3,(H,24,25,26)/b20-12-. The van der Waals surface area contributed by atoms with E-state index in [4.69, 9.17) is 4.42 Å². The summed E-state index contributed by atoms with van der Waals surface area (Å²) >= 11 is 4.74. The minimum atomic E-state index is -0.172. The van der Waals surface area contributed by atoms with Crippen LogP contribution in [-0.2, 0) is 4.79 Å². The fraction of sp³-hybridized carbons (Fsp3) is 0.0909. The van der Waals surface area contributed by atoms with E-state index in [0.29, 0.717) is 15.8 Å². The van der Waals surface area contributed by atoms with Crippen molar-refractivity contribution in [2.24, 2.45) is 4.99 Å². The van der Waals surface area contributed by atoms with Crippen LogP contribution in [0.4, 0.5) is 5.69 Å². The lowest BCUT2D eigenvalue weighted by Gasteiger charge is -2.01. The largest absolute Gasteiger partial charge is 0.457 e. The number of thioether (sulfide) groups is 1. The zero-order valence-corrected chi connectivity index (χ0v) is 17.7. The Hall–Kier alpha value is -2.57. The molecule has 3 aromatic rings. The van der Waals surface area contributed by atoms with Crippen molar-refractivity contribution in [1.82, 2.24) is 5.32 Å². The predicted octanol–water partition coefficient (Wildman–Crippen LogP) is 6.22. The molecule has 1 aliphatic rings. The highest BCUT2D eigenvalue weighted by Crippen LogP contribution is 2.30. The van der Waals surface area contributed by atoms with Crippen LogP contribution in [0.5, 0.6) is 0 Å². The van der Waals surface area contributed by atoms with Gasteiger partial charge in [-0.3, -0.25) is 4.79 Å². The number of furan rings is 1. The fourth-order valence-corrected chi connectivity index (χ4v) is 3.81. The zero-order valence-electron chi connectivity index (χ0n) is 15.3. The number of nitrogens with zero attached hydrogens (tertiary/aromatic N) is 1. The van der Waals surface area contributed by atoms with E-state index in [0.717, 1.165) is 21.5 Å². The van der Waals surface area contributed by atoms with Gasteiger partial charge in [0.15, 0.2) is 5.17 Å². The maximum Gasteiger partial charge on any atom is 0.264 e. The first-order valence-corrected chi connectivity index (χ1v) is 10.3. The number of carbonyl (C=O) groups excluding carboxylic acids is 1. The van der Waals surface area contributed by atoms with E-state index in [-0.39, 0.29) is 5.91 Å². The van der Waals surface area contributed by atoms with Gasteiger partial charge in [0.2, 0.25) is 0 Å². The molecular formula is C22H17BrN2O2S. The van der Waals surface area contributed by atoms with Crippen LogP contribution >= 0.6 is 27.7 Å². The normalized spacial score (nSPS) is 16.8. The van der Waals surface area contributed by atoms with Gasteiger partial charge in [0.1, 0.15) is 11.5 Å². The Bertz CT molecular complexity index is 1110. The average Bonchev–Trinajstić information content (AvgIpc) is 3.26. The third-order valence-electron chi connectivity index (χ3n) is 4.40. The van der Waals surface area contributed by atoms with E-state index < -0.39 is 0 Å². The van der Waals surface area contributed by atoms with Crippen molar-refractivity contribution in [3.63, 3.8) is 0 Å². The molecule has 0 bridgehead atoms. The SMILES string of the molecule is Cc1ccc(N=C2NC(=O)/C(=C/c3ccc(-c4ccc(Br)cc4)o3)S2)cc1C. The number of hydrogen-bond donors (Lipinski definition) is 1. The predicted molar refractivity (Wildman–Crippen MR) is 119 cm³/mol. The molecule has 0 aliphatic carbocycles. The summed E-state index contributed by atoms with van der Waals surface area (Å²) in [6, 6.07) is 17.6. The summed E-state index contributed by atoms with van der Waals surface area (Å²) in [7, 11) is 0. The zero-order chi connectivity index (χ0) is 19.7. The molecule has 1 saturated heterocycles. The smallest absolute Gasteiger partial charge is 0.264 e. The lowest BCUT2D eigenvalue weighted by molar-refractivity contribution is -0.115. The number of rotatable bonds is 3. The number of amides is 1. The first kappa shape index (κ1) is 18.8. The highest BCUT2D eigenvalue weighted by Gasteiger charge is 2.24. The number of amidine groups is 1. The summed E-state index contributed by atoms with van der Waals surface area (Å²) < 4.78 is 6.89. The summed E-state index contributed by atoms with van der Waals surface area (Å²) in [5, 5.41) is 3.38. The monoisotopic (exact) mass is 452 g/mol. The van der Waals surface area contributed by atoms with Crippen molar-refractivity contribution in [3.8, 4) is 11.3 Å². The third kappa shape index (κ3) is 4.13. The second-order valence-corrected chi connectivity index (χ2v) is 8.41. The average molecular weight is 453 g/mol. The van der Waals surface area contributed by atoms with Crippen LogP contribution in [-0.4, -0.2) is 11.1 Å². The van der Waals surface area contributed by atoms with Gasteiger partial charge in [0, 0.05) is 16.1 Å². The molecule has 0 radical (unpaired) electrons. The lowest BCUT2D eigenvalue weighted by Crippen LogP contribution is -2.19. The molecular weight excluding hydrogens is 436 g/mol. The van der Waals surface area contributed by atoms with E-state index in [9.17, 15) is 4.79 Å². The van der Waals surface area contributed by atoms with Crippen molar-refractivity contribution in [1.29, 1.82) is 0 Å². The quantitative estimate of drug-likeness (QED) is 0.480. The molecule has 4 nitrogen and oxygen atoms in total. The van der Waals surface area contributed by atoms with E-state index in [1.807, 2.05) is 61.5 Å². The highest BCUT2D eigenvalue weighted by atomic mass is 79.9. The molecule has 1 fully saturated rings. The number of aliphatic imine (C=N–C) groups is 1. The van der Waals surface area contributed by atoms with Crippen LogP contribution in [0.2, 0.25) is 0 Å². The van der Waals surface area contributed by atoms with Crippen LogP contribution in [0.15, 0.2) is 73.4 Å².